The van der Waals surface area contributed by atoms with Gasteiger partial charge in [0.2, 0.25) is 0 Å². The number of aromatic nitrogens is 1. The molecule has 0 saturated carbocycles. The molecule has 0 aliphatic heterocycles. The topological polar surface area (TPSA) is 48.1 Å². The number of hydrogen-bond donors (Lipinski definition) is 1. The summed E-state index contributed by atoms with van der Waals surface area (Å²) in [7, 11) is 1.66. The first-order valence-electron chi connectivity index (χ1n) is 4.43. The lowest BCUT2D eigenvalue weighted by Gasteiger charge is -2.11. The van der Waals surface area contributed by atoms with Gasteiger partial charge >= 0.3 is 0 Å². The number of nitrogens with two attached hydrogens (primary N) is 1. The lowest BCUT2D eigenvalue weighted by molar-refractivity contribution is 0.403. The number of methoxy groups -OCH3 is 1. The Balaban J connectivity index is 3.10. The van der Waals surface area contributed by atoms with Crippen molar-refractivity contribution in [3.8, 4) is 5.75 Å². The molecule has 1 aromatic heterocycles. The van der Waals surface area contributed by atoms with E-state index in [1.54, 1.807) is 7.11 Å². The standard InChI is InChI=1S/C10H16N2O/c1-7(2)10-9(13-3)5-4-8(6-11)12-10/h4-5,7H,6,11H2,1-3H3. The van der Waals surface area contributed by atoms with Crippen LogP contribution in [0.25, 0.3) is 0 Å². The summed E-state index contributed by atoms with van der Waals surface area (Å²) in [4.78, 5) is 4.41. The van der Waals surface area contributed by atoms with Crippen LogP contribution < -0.4 is 10.5 Å². The summed E-state index contributed by atoms with van der Waals surface area (Å²) in [6.45, 7) is 4.65. The van der Waals surface area contributed by atoms with Crippen molar-refractivity contribution in [2.45, 2.75) is 26.3 Å². The molecular weight excluding hydrogens is 164 g/mol. The van der Waals surface area contributed by atoms with Crippen LogP contribution in [-0.4, -0.2) is 12.1 Å². The minimum Gasteiger partial charge on any atom is -0.495 e. The molecule has 0 spiro atoms. The van der Waals surface area contributed by atoms with Gasteiger partial charge in [0.05, 0.1) is 18.5 Å². The third kappa shape index (κ3) is 2.18. The zero-order valence-electron chi connectivity index (χ0n) is 8.37. The smallest absolute Gasteiger partial charge is 0.140 e. The molecule has 3 nitrogen and oxygen atoms in total. The summed E-state index contributed by atoms with van der Waals surface area (Å²) in [6, 6.07) is 3.81. The molecule has 1 rings (SSSR count). The van der Waals surface area contributed by atoms with Crippen LogP contribution in [-0.2, 0) is 6.54 Å². The zero-order valence-corrected chi connectivity index (χ0v) is 8.37. The SMILES string of the molecule is COc1ccc(CN)nc1C(C)C. The Hall–Kier alpha value is -1.09. The van der Waals surface area contributed by atoms with Crippen molar-refractivity contribution in [2.24, 2.45) is 5.73 Å². The number of pyridine rings is 1. The van der Waals surface area contributed by atoms with Crippen molar-refractivity contribution in [3.05, 3.63) is 23.5 Å². The first-order chi connectivity index (χ1) is 6.19. The molecule has 0 unspecified atom stereocenters. The maximum Gasteiger partial charge on any atom is 0.140 e. The lowest BCUT2D eigenvalue weighted by atomic mass is 10.1. The molecule has 0 aliphatic rings. The van der Waals surface area contributed by atoms with E-state index in [4.69, 9.17) is 10.5 Å². The molecule has 13 heavy (non-hydrogen) atoms. The van der Waals surface area contributed by atoms with Gasteiger partial charge in [0.25, 0.3) is 0 Å². The second-order valence-corrected chi connectivity index (χ2v) is 3.25. The molecule has 1 aromatic rings. The molecule has 0 aromatic carbocycles. The Bertz CT molecular complexity index is 284. The van der Waals surface area contributed by atoms with Crippen LogP contribution in [0.3, 0.4) is 0 Å². The van der Waals surface area contributed by atoms with Crippen LogP contribution in [0, 0.1) is 0 Å². The van der Waals surface area contributed by atoms with E-state index in [2.05, 4.69) is 18.8 Å². The van der Waals surface area contributed by atoms with E-state index >= 15 is 0 Å². The van der Waals surface area contributed by atoms with Crippen molar-refractivity contribution in [3.63, 3.8) is 0 Å². The Kier molecular flexibility index (Phi) is 3.25. The molecule has 2 N–H and O–H groups in total. The van der Waals surface area contributed by atoms with Crippen molar-refractivity contribution in [2.75, 3.05) is 7.11 Å². The highest BCUT2D eigenvalue weighted by Gasteiger charge is 2.09. The molecular formula is C10H16N2O. The van der Waals surface area contributed by atoms with Crippen molar-refractivity contribution in [1.29, 1.82) is 0 Å². The average Bonchev–Trinajstić information content (AvgIpc) is 2.16. The minimum atomic E-state index is 0.362. The fourth-order valence-corrected chi connectivity index (χ4v) is 1.20. The molecule has 0 fully saturated rings. The quantitative estimate of drug-likeness (QED) is 0.769. The Morgan fingerprint density at radius 1 is 1.46 bits per heavy atom. The summed E-state index contributed by atoms with van der Waals surface area (Å²) in [6.07, 6.45) is 0. The predicted molar refractivity (Wildman–Crippen MR) is 52.8 cm³/mol. The fourth-order valence-electron chi connectivity index (χ4n) is 1.20. The van der Waals surface area contributed by atoms with E-state index < -0.39 is 0 Å². The van der Waals surface area contributed by atoms with E-state index in [1.807, 2.05) is 12.1 Å². The first kappa shape index (κ1) is 9.99. The third-order valence-electron chi connectivity index (χ3n) is 1.92. The van der Waals surface area contributed by atoms with Crippen LogP contribution in [0.4, 0.5) is 0 Å². The Labute approximate surface area is 78.9 Å². The van der Waals surface area contributed by atoms with Crippen LogP contribution >= 0.6 is 0 Å². The fraction of sp³-hybridized carbons (Fsp3) is 0.500. The highest BCUT2D eigenvalue weighted by molar-refractivity contribution is 5.31. The van der Waals surface area contributed by atoms with Gasteiger partial charge in [-0.2, -0.15) is 0 Å². The number of rotatable bonds is 3. The maximum atomic E-state index is 5.51. The average molecular weight is 180 g/mol. The summed E-state index contributed by atoms with van der Waals surface area (Å²) in [5, 5.41) is 0. The van der Waals surface area contributed by atoms with Crippen LogP contribution in [0.1, 0.15) is 31.2 Å². The van der Waals surface area contributed by atoms with Gasteiger partial charge in [0, 0.05) is 6.54 Å². The summed E-state index contributed by atoms with van der Waals surface area (Å²) >= 11 is 0. The molecule has 0 aliphatic carbocycles. The van der Waals surface area contributed by atoms with E-state index in [0.29, 0.717) is 12.5 Å². The van der Waals surface area contributed by atoms with Gasteiger partial charge in [-0.3, -0.25) is 4.98 Å². The maximum absolute atomic E-state index is 5.51. The molecule has 0 amide bonds. The highest BCUT2D eigenvalue weighted by atomic mass is 16.5. The van der Waals surface area contributed by atoms with Crippen molar-refractivity contribution in [1.82, 2.24) is 4.98 Å². The van der Waals surface area contributed by atoms with Gasteiger partial charge in [0.15, 0.2) is 0 Å². The molecule has 72 valence electrons. The van der Waals surface area contributed by atoms with Gasteiger partial charge in [-0.15, -0.1) is 0 Å². The highest BCUT2D eigenvalue weighted by Crippen LogP contribution is 2.23. The van der Waals surface area contributed by atoms with Crippen molar-refractivity contribution < 1.29 is 4.74 Å². The Morgan fingerprint density at radius 3 is 2.62 bits per heavy atom. The van der Waals surface area contributed by atoms with Crippen LogP contribution in [0.2, 0.25) is 0 Å². The van der Waals surface area contributed by atoms with Crippen LogP contribution in [0.5, 0.6) is 5.75 Å². The molecule has 1 heterocycles. The molecule has 0 bridgehead atoms. The number of nitrogens with zero attached hydrogens (tertiary/aromatic N) is 1. The minimum absolute atomic E-state index is 0.362. The van der Waals surface area contributed by atoms with Gasteiger partial charge < -0.3 is 10.5 Å². The van der Waals surface area contributed by atoms with E-state index in [1.165, 1.54) is 0 Å². The second-order valence-electron chi connectivity index (χ2n) is 3.25. The first-order valence-corrected chi connectivity index (χ1v) is 4.43. The zero-order chi connectivity index (χ0) is 9.84. The molecule has 0 saturated heterocycles. The molecule has 0 atom stereocenters. The van der Waals surface area contributed by atoms with E-state index in [0.717, 1.165) is 17.1 Å². The van der Waals surface area contributed by atoms with E-state index in [9.17, 15) is 0 Å². The predicted octanol–water partition coefficient (Wildman–Crippen LogP) is 1.67. The third-order valence-corrected chi connectivity index (χ3v) is 1.92. The van der Waals surface area contributed by atoms with Gasteiger partial charge in [-0.1, -0.05) is 13.8 Å². The molecule has 3 heteroatoms. The van der Waals surface area contributed by atoms with Gasteiger partial charge in [0.1, 0.15) is 5.75 Å². The monoisotopic (exact) mass is 180 g/mol. The second kappa shape index (κ2) is 4.23. The summed E-state index contributed by atoms with van der Waals surface area (Å²) < 4.78 is 5.20. The largest absolute Gasteiger partial charge is 0.495 e. The normalized spacial score (nSPS) is 10.5. The Morgan fingerprint density at radius 2 is 2.15 bits per heavy atom. The summed E-state index contributed by atoms with van der Waals surface area (Å²) in [5.74, 6) is 1.20. The van der Waals surface area contributed by atoms with Crippen LogP contribution in [0.15, 0.2) is 12.1 Å². The van der Waals surface area contributed by atoms with Crippen molar-refractivity contribution >= 4 is 0 Å². The van der Waals surface area contributed by atoms with Gasteiger partial charge in [-0.05, 0) is 18.1 Å². The lowest BCUT2D eigenvalue weighted by Crippen LogP contribution is -2.04. The van der Waals surface area contributed by atoms with Gasteiger partial charge in [-0.25, -0.2) is 0 Å². The number of ether oxygens (including phenoxy) is 1. The van der Waals surface area contributed by atoms with E-state index in [-0.39, 0.29) is 0 Å². The molecule has 0 radical (unpaired) electrons. The summed E-state index contributed by atoms with van der Waals surface area (Å²) in [5.41, 5.74) is 7.39. The number of hydrogen-bond acceptors (Lipinski definition) is 3.